The number of rotatable bonds is 5. The molecule has 0 aromatic carbocycles. The summed E-state index contributed by atoms with van der Waals surface area (Å²) in [6, 6.07) is 7.64. The van der Waals surface area contributed by atoms with Crippen molar-refractivity contribution >= 4 is 11.7 Å². The maximum atomic E-state index is 13.0. The molecule has 1 aliphatic rings. The molecule has 4 rings (SSSR count). The van der Waals surface area contributed by atoms with Crippen molar-refractivity contribution in [1.82, 2.24) is 29.5 Å². The van der Waals surface area contributed by atoms with Crippen molar-refractivity contribution < 1.29 is 9.53 Å². The Labute approximate surface area is 163 Å². The number of pyridine rings is 1. The molecule has 28 heavy (non-hydrogen) atoms. The van der Waals surface area contributed by atoms with Gasteiger partial charge < -0.3 is 9.64 Å². The summed E-state index contributed by atoms with van der Waals surface area (Å²) >= 11 is 0. The Balaban J connectivity index is 1.39. The number of hydrogen-bond acceptors (Lipinski definition) is 6. The minimum atomic E-state index is -0.0597. The van der Waals surface area contributed by atoms with E-state index in [1.165, 1.54) is 6.33 Å². The van der Waals surface area contributed by atoms with E-state index in [9.17, 15) is 4.79 Å². The van der Waals surface area contributed by atoms with E-state index in [1.807, 2.05) is 29.2 Å². The number of carbonyl (C=O) groups excluding carboxylic acids is 1. The number of carbonyl (C=O) groups is 1. The van der Waals surface area contributed by atoms with Gasteiger partial charge in [0, 0.05) is 19.3 Å². The van der Waals surface area contributed by atoms with E-state index in [2.05, 4.69) is 33.9 Å². The Morgan fingerprint density at radius 1 is 1.25 bits per heavy atom. The number of piperidine rings is 1. The van der Waals surface area contributed by atoms with Crippen LogP contribution in [-0.4, -0.2) is 54.6 Å². The van der Waals surface area contributed by atoms with Crippen LogP contribution in [0.25, 0.3) is 5.78 Å². The maximum Gasteiger partial charge on any atom is 0.272 e. The highest BCUT2D eigenvalue weighted by molar-refractivity contribution is 5.92. The summed E-state index contributed by atoms with van der Waals surface area (Å²) in [5.74, 6) is 0.614. The monoisotopic (exact) mass is 380 g/mol. The van der Waals surface area contributed by atoms with Gasteiger partial charge in [0.2, 0.25) is 0 Å². The van der Waals surface area contributed by atoms with Gasteiger partial charge in [-0.05, 0) is 37.0 Å². The van der Waals surface area contributed by atoms with Crippen LogP contribution in [0.4, 0.5) is 0 Å². The number of hydrogen-bond donors (Lipinski definition) is 0. The van der Waals surface area contributed by atoms with Crippen molar-refractivity contribution in [3.8, 4) is 0 Å². The highest BCUT2D eigenvalue weighted by Crippen LogP contribution is 2.20. The Bertz CT molecular complexity index is 948. The van der Waals surface area contributed by atoms with E-state index in [1.54, 1.807) is 10.7 Å². The molecular formula is C20H24N6O2. The fourth-order valence-corrected chi connectivity index (χ4v) is 3.43. The lowest BCUT2D eigenvalue weighted by molar-refractivity contribution is -0.00173. The topological polar surface area (TPSA) is 85.5 Å². The van der Waals surface area contributed by atoms with Gasteiger partial charge in [-0.15, -0.1) is 0 Å². The molecule has 1 saturated heterocycles. The molecule has 1 amide bonds. The van der Waals surface area contributed by atoms with E-state index in [0.717, 1.165) is 24.2 Å². The van der Waals surface area contributed by atoms with Gasteiger partial charge in [-0.1, -0.05) is 19.9 Å². The Kier molecular flexibility index (Phi) is 5.29. The molecule has 8 heteroatoms. The summed E-state index contributed by atoms with van der Waals surface area (Å²) in [7, 11) is 0. The second kappa shape index (κ2) is 8.02. The fraction of sp³-hybridized carbons (Fsp3) is 0.450. The average Bonchev–Trinajstić information content (AvgIpc) is 3.20. The van der Waals surface area contributed by atoms with Gasteiger partial charge in [-0.3, -0.25) is 9.78 Å². The molecule has 8 nitrogen and oxygen atoms in total. The predicted octanol–water partition coefficient (Wildman–Crippen LogP) is 2.46. The third-order valence-electron chi connectivity index (χ3n) is 5.01. The summed E-state index contributed by atoms with van der Waals surface area (Å²) in [5, 5.41) is 4.20. The smallest absolute Gasteiger partial charge is 0.272 e. The molecule has 1 aliphatic heterocycles. The molecular weight excluding hydrogens is 356 g/mol. The van der Waals surface area contributed by atoms with Crippen molar-refractivity contribution in [3.63, 3.8) is 0 Å². The minimum Gasteiger partial charge on any atom is -0.372 e. The van der Waals surface area contributed by atoms with Crippen LogP contribution in [0.1, 0.15) is 54.5 Å². The van der Waals surface area contributed by atoms with Gasteiger partial charge in [0.1, 0.15) is 12.0 Å². The normalized spacial score (nSPS) is 15.5. The van der Waals surface area contributed by atoms with Gasteiger partial charge in [0.25, 0.3) is 11.7 Å². The van der Waals surface area contributed by atoms with Gasteiger partial charge in [-0.2, -0.15) is 10.1 Å². The SMILES string of the molecule is CC(C)c1cc(C(=O)N2CCC(OCc3ccccn3)CC2)nc2ncnn12. The Hall–Kier alpha value is -2.87. The van der Waals surface area contributed by atoms with Crippen molar-refractivity contribution in [2.24, 2.45) is 0 Å². The number of likely N-dealkylation sites (tertiary alicyclic amines) is 1. The van der Waals surface area contributed by atoms with Crippen molar-refractivity contribution in [2.75, 3.05) is 13.1 Å². The fourth-order valence-electron chi connectivity index (χ4n) is 3.43. The van der Waals surface area contributed by atoms with Crippen LogP contribution in [0.5, 0.6) is 0 Å². The number of nitrogens with zero attached hydrogens (tertiary/aromatic N) is 6. The van der Waals surface area contributed by atoms with Crippen molar-refractivity contribution in [2.45, 2.75) is 45.3 Å². The molecule has 0 atom stereocenters. The standard InChI is InChI=1S/C20H24N6O2/c1-14(2)18-11-17(24-20-22-13-23-26(18)20)19(27)25-9-6-16(7-10-25)28-12-15-5-3-4-8-21-15/h3-5,8,11,13-14,16H,6-7,9-10,12H2,1-2H3. The predicted molar refractivity (Wildman–Crippen MR) is 103 cm³/mol. The van der Waals surface area contributed by atoms with Gasteiger partial charge in [0.05, 0.1) is 24.1 Å². The molecule has 3 aromatic rings. The third kappa shape index (κ3) is 3.87. The summed E-state index contributed by atoms with van der Waals surface area (Å²) in [4.78, 5) is 27.7. The van der Waals surface area contributed by atoms with Crippen LogP contribution >= 0.6 is 0 Å². The van der Waals surface area contributed by atoms with Gasteiger partial charge in [0.15, 0.2) is 0 Å². The van der Waals surface area contributed by atoms with Crippen LogP contribution in [-0.2, 0) is 11.3 Å². The Morgan fingerprint density at radius 2 is 2.07 bits per heavy atom. The molecule has 0 spiro atoms. The first-order valence-corrected chi connectivity index (χ1v) is 9.63. The lowest BCUT2D eigenvalue weighted by Crippen LogP contribution is -2.41. The highest BCUT2D eigenvalue weighted by atomic mass is 16.5. The van der Waals surface area contributed by atoms with Gasteiger partial charge >= 0.3 is 0 Å². The minimum absolute atomic E-state index is 0.0597. The van der Waals surface area contributed by atoms with Crippen LogP contribution in [0.2, 0.25) is 0 Å². The summed E-state index contributed by atoms with van der Waals surface area (Å²) < 4.78 is 7.66. The van der Waals surface area contributed by atoms with E-state index in [0.29, 0.717) is 31.2 Å². The summed E-state index contributed by atoms with van der Waals surface area (Å²) in [6.07, 6.45) is 4.99. The molecule has 0 radical (unpaired) electrons. The molecule has 0 N–H and O–H groups in total. The first kappa shape index (κ1) is 18.5. The molecule has 0 aliphatic carbocycles. The molecule has 1 fully saturated rings. The first-order valence-electron chi connectivity index (χ1n) is 9.63. The lowest BCUT2D eigenvalue weighted by atomic mass is 10.1. The third-order valence-corrected chi connectivity index (χ3v) is 5.01. The molecule has 0 bridgehead atoms. The van der Waals surface area contributed by atoms with Crippen LogP contribution in [0.15, 0.2) is 36.8 Å². The van der Waals surface area contributed by atoms with Crippen LogP contribution in [0.3, 0.4) is 0 Å². The van der Waals surface area contributed by atoms with E-state index in [-0.39, 0.29) is 17.9 Å². The molecule has 146 valence electrons. The first-order chi connectivity index (χ1) is 13.6. The molecule has 3 aromatic heterocycles. The van der Waals surface area contributed by atoms with Crippen LogP contribution in [0, 0.1) is 0 Å². The number of amides is 1. The average molecular weight is 380 g/mol. The highest BCUT2D eigenvalue weighted by Gasteiger charge is 2.26. The van der Waals surface area contributed by atoms with E-state index >= 15 is 0 Å². The number of aromatic nitrogens is 5. The summed E-state index contributed by atoms with van der Waals surface area (Å²) in [6.45, 7) is 5.94. The second-order valence-corrected chi connectivity index (χ2v) is 7.32. The second-order valence-electron chi connectivity index (χ2n) is 7.32. The zero-order valence-corrected chi connectivity index (χ0v) is 16.2. The zero-order chi connectivity index (χ0) is 19.5. The van der Waals surface area contributed by atoms with E-state index in [4.69, 9.17) is 4.74 Å². The van der Waals surface area contributed by atoms with Crippen molar-refractivity contribution in [1.29, 1.82) is 0 Å². The zero-order valence-electron chi connectivity index (χ0n) is 16.2. The number of fused-ring (bicyclic) bond motifs is 1. The Morgan fingerprint density at radius 3 is 2.79 bits per heavy atom. The van der Waals surface area contributed by atoms with Gasteiger partial charge in [-0.25, -0.2) is 9.50 Å². The quantitative estimate of drug-likeness (QED) is 0.676. The maximum absolute atomic E-state index is 13.0. The molecule has 4 heterocycles. The summed E-state index contributed by atoms with van der Waals surface area (Å²) in [5.41, 5.74) is 2.28. The van der Waals surface area contributed by atoms with Crippen molar-refractivity contribution in [3.05, 3.63) is 53.9 Å². The molecule has 0 saturated carbocycles. The molecule has 0 unspecified atom stereocenters. The van der Waals surface area contributed by atoms with E-state index < -0.39 is 0 Å². The largest absolute Gasteiger partial charge is 0.372 e. The van der Waals surface area contributed by atoms with Crippen LogP contribution < -0.4 is 0 Å². The lowest BCUT2D eigenvalue weighted by Gasteiger charge is -2.31. The number of ether oxygens (including phenoxy) is 1.